The van der Waals surface area contributed by atoms with Gasteiger partial charge in [0, 0.05) is 23.2 Å². The summed E-state index contributed by atoms with van der Waals surface area (Å²) in [6, 6.07) is 2.11. The number of aromatic amines is 1. The Bertz CT molecular complexity index is 871. The zero-order valence-electron chi connectivity index (χ0n) is 15.9. The second-order valence-corrected chi connectivity index (χ2v) is 8.76. The highest BCUT2D eigenvalue weighted by Gasteiger charge is 2.39. The monoisotopic (exact) mass is 344 g/mol. The highest BCUT2D eigenvalue weighted by molar-refractivity contribution is 5.62. The molecule has 2 unspecified atom stereocenters. The van der Waals surface area contributed by atoms with Gasteiger partial charge >= 0.3 is 0 Å². The molecule has 1 N–H and O–H groups in total. The number of rotatable bonds is 2. The summed E-state index contributed by atoms with van der Waals surface area (Å²) in [5.41, 5.74) is 9.63. The van der Waals surface area contributed by atoms with Crippen LogP contribution in [0.1, 0.15) is 64.0 Å². The molecule has 4 aliphatic rings. The van der Waals surface area contributed by atoms with E-state index in [1.165, 1.54) is 44.2 Å². The van der Waals surface area contributed by atoms with Crippen LogP contribution in [0.2, 0.25) is 0 Å². The van der Waals surface area contributed by atoms with Gasteiger partial charge in [0.1, 0.15) is 0 Å². The van der Waals surface area contributed by atoms with E-state index in [2.05, 4.69) is 60.5 Å². The van der Waals surface area contributed by atoms with Crippen molar-refractivity contribution in [1.29, 1.82) is 0 Å². The zero-order chi connectivity index (χ0) is 17.7. The van der Waals surface area contributed by atoms with Gasteiger partial charge in [0.2, 0.25) is 0 Å². The van der Waals surface area contributed by atoms with Crippen LogP contribution in [0.3, 0.4) is 0 Å². The molecule has 0 aliphatic heterocycles. The molecule has 0 bridgehead atoms. The minimum atomic E-state index is 0.185. The Morgan fingerprint density at radius 1 is 1.00 bits per heavy atom. The van der Waals surface area contributed by atoms with Gasteiger partial charge in [-0.1, -0.05) is 49.8 Å². The summed E-state index contributed by atoms with van der Waals surface area (Å²) >= 11 is 0. The van der Waals surface area contributed by atoms with Crippen LogP contribution in [0.4, 0.5) is 0 Å². The lowest BCUT2D eigenvalue weighted by Crippen LogP contribution is -2.17. The van der Waals surface area contributed by atoms with E-state index < -0.39 is 0 Å². The maximum absolute atomic E-state index is 4.11. The van der Waals surface area contributed by atoms with Crippen LogP contribution >= 0.6 is 0 Å². The summed E-state index contributed by atoms with van der Waals surface area (Å²) in [7, 11) is 0. The number of nitrogens with one attached hydrogen (secondary N) is 1. The first-order valence-electron chi connectivity index (χ1n) is 10.2. The molecule has 0 radical (unpaired) electrons. The molecular formula is C24H28N2. The predicted octanol–water partition coefficient (Wildman–Crippen LogP) is 6.16. The quantitative estimate of drug-likeness (QED) is 0.639. The third kappa shape index (κ3) is 2.42. The number of hydrogen-bond acceptors (Lipinski definition) is 1. The van der Waals surface area contributed by atoms with Crippen molar-refractivity contribution in [3.63, 3.8) is 0 Å². The fourth-order valence-electron chi connectivity index (χ4n) is 5.48. The molecule has 4 aliphatic carbocycles. The van der Waals surface area contributed by atoms with Gasteiger partial charge < -0.3 is 0 Å². The Morgan fingerprint density at radius 2 is 1.81 bits per heavy atom. The molecule has 0 amide bonds. The van der Waals surface area contributed by atoms with Crippen LogP contribution in [-0.2, 0) is 0 Å². The molecule has 0 saturated carbocycles. The molecule has 1 aromatic rings. The van der Waals surface area contributed by atoms with Gasteiger partial charge in [-0.2, -0.15) is 5.10 Å². The van der Waals surface area contributed by atoms with E-state index in [1.807, 2.05) is 6.20 Å². The van der Waals surface area contributed by atoms with Gasteiger partial charge in [0.25, 0.3) is 0 Å². The molecule has 1 aromatic heterocycles. The SMILES string of the molecule is CC1(C)C2=C(CCC=C2)C2=C1C=C(C1C=CC(c3ccn[nH]3)CC1)CC2. The molecular weight excluding hydrogens is 316 g/mol. The van der Waals surface area contributed by atoms with Crippen molar-refractivity contribution in [2.45, 2.75) is 58.3 Å². The predicted molar refractivity (Wildman–Crippen MR) is 107 cm³/mol. The fraction of sp³-hybridized carbons (Fsp3) is 0.458. The van der Waals surface area contributed by atoms with E-state index in [0.29, 0.717) is 11.8 Å². The van der Waals surface area contributed by atoms with Crippen molar-refractivity contribution in [3.05, 3.63) is 76.2 Å². The first kappa shape index (κ1) is 16.1. The Hall–Kier alpha value is -2.09. The molecule has 26 heavy (non-hydrogen) atoms. The van der Waals surface area contributed by atoms with Crippen molar-refractivity contribution >= 4 is 0 Å². The number of fused-ring (bicyclic) bond motifs is 1. The highest BCUT2D eigenvalue weighted by atomic mass is 15.1. The van der Waals surface area contributed by atoms with Crippen LogP contribution in [0.15, 0.2) is 70.5 Å². The van der Waals surface area contributed by atoms with E-state index in [9.17, 15) is 0 Å². The van der Waals surface area contributed by atoms with Crippen molar-refractivity contribution in [1.82, 2.24) is 10.2 Å². The maximum Gasteiger partial charge on any atom is 0.0490 e. The molecule has 0 spiro atoms. The van der Waals surface area contributed by atoms with E-state index >= 15 is 0 Å². The average Bonchev–Trinajstić information content (AvgIpc) is 3.29. The van der Waals surface area contributed by atoms with Crippen molar-refractivity contribution in [2.75, 3.05) is 0 Å². The van der Waals surface area contributed by atoms with E-state index in [0.717, 1.165) is 0 Å². The minimum absolute atomic E-state index is 0.185. The summed E-state index contributed by atoms with van der Waals surface area (Å²) in [5.74, 6) is 1.13. The fourth-order valence-corrected chi connectivity index (χ4v) is 5.48. The smallest absolute Gasteiger partial charge is 0.0490 e. The zero-order valence-corrected chi connectivity index (χ0v) is 15.9. The van der Waals surface area contributed by atoms with Crippen LogP contribution in [0.25, 0.3) is 0 Å². The van der Waals surface area contributed by atoms with Crippen molar-refractivity contribution in [3.8, 4) is 0 Å². The first-order valence-corrected chi connectivity index (χ1v) is 10.2. The molecule has 2 heteroatoms. The molecule has 0 fully saturated rings. The highest BCUT2D eigenvalue weighted by Crippen LogP contribution is 2.54. The summed E-state index contributed by atoms with van der Waals surface area (Å²) in [5, 5.41) is 7.24. The summed E-state index contributed by atoms with van der Waals surface area (Å²) in [4.78, 5) is 0. The van der Waals surface area contributed by atoms with Gasteiger partial charge in [0.15, 0.2) is 0 Å². The number of hydrogen-bond donors (Lipinski definition) is 1. The number of H-pyrrole nitrogens is 1. The van der Waals surface area contributed by atoms with E-state index in [1.54, 1.807) is 27.9 Å². The summed E-state index contributed by atoms with van der Waals surface area (Å²) in [6.07, 6.45) is 21.5. The molecule has 2 nitrogen and oxygen atoms in total. The molecule has 0 aromatic carbocycles. The summed E-state index contributed by atoms with van der Waals surface area (Å²) in [6.45, 7) is 4.84. The van der Waals surface area contributed by atoms with Gasteiger partial charge in [-0.3, -0.25) is 5.10 Å². The van der Waals surface area contributed by atoms with Gasteiger partial charge in [-0.25, -0.2) is 0 Å². The normalized spacial score (nSPS) is 29.7. The molecule has 5 rings (SSSR count). The second-order valence-electron chi connectivity index (χ2n) is 8.76. The average molecular weight is 345 g/mol. The third-order valence-electron chi connectivity index (χ3n) is 6.96. The van der Waals surface area contributed by atoms with Gasteiger partial charge in [-0.15, -0.1) is 0 Å². The topological polar surface area (TPSA) is 28.7 Å². The second kappa shape index (κ2) is 5.97. The van der Waals surface area contributed by atoms with Gasteiger partial charge in [-0.05, 0) is 72.8 Å². The van der Waals surface area contributed by atoms with Crippen molar-refractivity contribution in [2.24, 2.45) is 11.3 Å². The van der Waals surface area contributed by atoms with E-state index in [-0.39, 0.29) is 5.41 Å². The van der Waals surface area contributed by atoms with Gasteiger partial charge in [0.05, 0.1) is 0 Å². The molecule has 1 heterocycles. The largest absolute Gasteiger partial charge is 0.282 e. The Morgan fingerprint density at radius 3 is 2.58 bits per heavy atom. The van der Waals surface area contributed by atoms with Crippen LogP contribution in [0, 0.1) is 11.3 Å². The number of allylic oxidation sites excluding steroid dienone is 10. The lowest BCUT2D eigenvalue weighted by atomic mass is 9.74. The van der Waals surface area contributed by atoms with Crippen LogP contribution in [-0.4, -0.2) is 10.2 Å². The first-order chi connectivity index (χ1) is 12.6. The number of nitrogens with zero attached hydrogens (tertiary/aromatic N) is 1. The maximum atomic E-state index is 4.11. The summed E-state index contributed by atoms with van der Waals surface area (Å²) < 4.78 is 0. The van der Waals surface area contributed by atoms with Crippen molar-refractivity contribution < 1.29 is 0 Å². The molecule has 2 atom stereocenters. The van der Waals surface area contributed by atoms with Crippen LogP contribution in [0.5, 0.6) is 0 Å². The Labute approximate surface area is 156 Å². The van der Waals surface area contributed by atoms with E-state index in [4.69, 9.17) is 0 Å². The Kier molecular flexibility index (Phi) is 3.70. The third-order valence-corrected chi connectivity index (χ3v) is 6.96. The molecule has 0 saturated heterocycles. The Balaban J connectivity index is 1.42. The standard InChI is InChI=1S/C24H28N2/c1-24(2)21-6-4-3-5-19(21)20-12-11-18(15-22(20)24)16-7-9-17(10-8-16)23-13-14-25-26-23/h4,6-7,9,13-17H,3,5,8,10-12H2,1-2H3,(H,25,26). The van der Waals surface area contributed by atoms with Crippen LogP contribution < -0.4 is 0 Å². The lowest BCUT2D eigenvalue weighted by molar-refractivity contribution is 0.529. The number of aromatic nitrogens is 2. The lowest BCUT2D eigenvalue weighted by Gasteiger charge is -2.30. The molecule has 134 valence electrons. The minimum Gasteiger partial charge on any atom is -0.282 e.